The number of ether oxygens (including phenoxy) is 3. The third-order valence-corrected chi connectivity index (χ3v) is 4.19. The Labute approximate surface area is 165 Å². The van der Waals surface area contributed by atoms with Crippen LogP contribution in [-0.2, 0) is 13.2 Å². The zero-order valence-corrected chi connectivity index (χ0v) is 16.1. The van der Waals surface area contributed by atoms with E-state index in [1.165, 1.54) is 0 Å². The van der Waals surface area contributed by atoms with Gasteiger partial charge in [0.2, 0.25) is 0 Å². The zero-order chi connectivity index (χ0) is 19.6. The van der Waals surface area contributed by atoms with Crippen LogP contribution in [0.15, 0.2) is 77.9 Å². The predicted octanol–water partition coefficient (Wildman–Crippen LogP) is 4.41. The van der Waals surface area contributed by atoms with Crippen molar-refractivity contribution in [2.45, 2.75) is 13.2 Å². The molecular weight excluding hydrogens is 352 g/mol. The summed E-state index contributed by atoms with van der Waals surface area (Å²) in [5.74, 6) is 2.21. The average Bonchev–Trinajstić information content (AvgIpc) is 2.76. The molecule has 28 heavy (non-hydrogen) atoms. The van der Waals surface area contributed by atoms with Crippen LogP contribution in [0.2, 0.25) is 0 Å². The Morgan fingerprint density at radius 2 is 1.57 bits per heavy atom. The topological polar surface area (TPSA) is 52.1 Å². The molecule has 3 aromatic carbocycles. The van der Waals surface area contributed by atoms with E-state index in [1.54, 1.807) is 20.4 Å². The number of benzene rings is 3. The highest BCUT2D eigenvalue weighted by atomic mass is 16.5. The summed E-state index contributed by atoms with van der Waals surface area (Å²) in [6.45, 7) is 1.07. The number of nitrogens with one attached hydrogen (secondary N) is 1. The van der Waals surface area contributed by atoms with Crippen LogP contribution in [0.4, 0.5) is 0 Å². The Hall–Kier alpha value is -3.47. The van der Waals surface area contributed by atoms with Crippen molar-refractivity contribution in [2.24, 2.45) is 5.10 Å². The van der Waals surface area contributed by atoms with Gasteiger partial charge in [0.05, 0.1) is 27.0 Å². The molecule has 5 heteroatoms. The van der Waals surface area contributed by atoms with E-state index in [1.807, 2.05) is 72.8 Å². The number of rotatable bonds is 9. The highest BCUT2D eigenvalue weighted by Crippen LogP contribution is 2.28. The fourth-order valence-corrected chi connectivity index (χ4v) is 2.72. The van der Waals surface area contributed by atoms with E-state index in [9.17, 15) is 0 Å². The summed E-state index contributed by atoms with van der Waals surface area (Å²) >= 11 is 0. The standard InChI is InChI=1S/C23H24N2O3/c1-26-21-11-7-6-10-20(21)16-25-24-15-19-12-13-22(23(14-19)27-2)28-17-18-8-4-3-5-9-18/h3-15,25H,16-17H2,1-2H3/b24-15+. The molecule has 0 saturated heterocycles. The Bertz CT molecular complexity index is 911. The molecule has 0 spiro atoms. The van der Waals surface area contributed by atoms with Gasteiger partial charge in [-0.2, -0.15) is 5.10 Å². The van der Waals surface area contributed by atoms with Crippen molar-refractivity contribution in [1.29, 1.82) is 0 Å². The second-order valence-corrected chi connectivity index (χ2v) is 6.09. The average molecular weight is 376 g/mol. The number of hydrogen-bond acceptors (Lipinski definition) is 5. The second-order valence-electron chi connectivity index (χ2n) is 6.09. The molecule has 0 bridgehead atoms. The first-order valence-corrected chi connectivity index (χ1v) is 9.02. The number of nitrogens with zero attached hydrogens (tertiary/aromatic N) is 1. The summed E-state index contributed by atoms with van der Waals surface area (Å²) in [7, 11) is 3.29. The molecule has 144 valence electrons. The molecule has 0 heterocycles. The van der Waals surface area contributed by atoms with Gasteiger partial charge in [-0.3, -0.25) is 0 Å². The van der Waals surface area contributed by atoms with E-state index < -0.39 is 0 Å². The van der Waals surface area contributed by atoms with E-state index in [0.29, 0.717) is 24.7 Å². The summed E-state index contributed by atoms with van der Waals surface area (Å²) in [4.78, 5) is 0. The molecule has 0 unspecified atom stereocenters. The SMILES string of the molecule is COc1ccccc1CN/N=C/c1ccc(OCc2ccccc2)c(OC)c1. The van der Waals surface area contributed by atoms with E-state index in [2.05, 4.69) is 10.5 Å². The molecule has 5 nitrogen and oxygen atoms in total. The number of methoxy groups -OCH3 is 2. The van der Waals surface area contributed by atoms with Gasteiger partial charge in [-0.25, -0.2) is 0 Å². The third kappa shape index (κ3) is 5.27. The Kier molecular flexibility index (Phi) is 6.90. The summed E-state index contributed by atoms with van der Waals surface area (Å²) in [5, 5.41) is 4.28. The normalized spacial score (nSPS) is 10.6. The summed E-state index contributed by atoms with van der Waals surface area (Å²) in [6, 6.07) is 23.6. The van der Waals surface area contributed by atoms with Crippen molar-refractivity contribution in [3.05, 3.63) is 89.5 Å². The first-order valence-electron chi connectivity index (χ1n) is 9.02. The first kappa shape index (κ1) is 19.3. The smallest absolute Gasteiger partial charge is 0.161 e. The van der Waals surface area contributed by atoms with Crippen molar-refractivity contribution in [2.75, 3.05) is 14.2 Å². The minimum atomic E-state index is 0.491. The number of hydrazone groups is 1. The number of hydrogen-bond donors (Lipinski definition) is 1. The molecule has 0 amide bonds. The Balaban J connectivity index is 1.59. The lowest BCUT2D eigenvalue weighted by Gasteiger charge is -2.11. The fraction of sp³-hybridized carbons (Fsp3) is 0.174. The van der Waals surface area contributed by atoms with Gasteiger partial charge in [0.1, 0.15) is 12.4 Å². The van der Waals surface area contributed by atoms with Crippen molar-refractivity contribution in [3.8, 4) is 17.2 Å². The van der Waals surface area contributed by atoms with Gasteiger partial charge >= 0.3 is 0 Å². The minimum absolute atomic E-state index is 0.491. The molecule has 1 N–H and O–H groups in total. The molecule has 0 aliphatic carbocycles. The number of para-hydroxylation sites is 1. The minimum Gasteiger partial charge on any atom is -0.496 e. The van der Waals surface area contributed by atoms with Crippen LogP contribution in [0, 0.1) is 0 Å². The quantitative estimate of drug-likeness (QED) is 0.444. The molecule has 3 rings (SSSR count). The third-order valence-electron chi connectivity index (χ3n) is 4.19. The molecule has 0 atom stereocenters. The molecule has 0 saturated carbocycles. The van der Waals surface area contributed by atoms with E-state index in [-0.39, 0.29) is 0 Å². The molecule has 3 aromatic rings. The lowest BCUT2D eigenvalue weighted by atomic mass is 10.2. The van der Waals surface area contributed by atoms with Crippen molar-refractivity contribution in [3.63, 3.8) is 0 Å². The van der Waals surface area contributed by atoms with Crippen LogP contribution in [0.25, 0.3) is 0 Å². The van der Waals surface area contributed by atoms with Crippen molar-refractivity contribution >= 4 is 6.21 Å². The summed E-state index contributed by atoms with van der Waals surface area (Å²) < 4.78 is 16.7. The Morgan fingerprint density at radius 1 is 0.821 bits per heavy atom. The van der Waals surface area contributed by atoms with Gasteiger partial charge in [0.15, 0.2) is 11.5 Å². The monoisotopic (exact) mass is 376 g/mol. The van der Waals surface area contributed by atoms with Gasteiger partial charge in [0, 0.05) is 5.56 Å². The van der Waals surface area contributed by atoms with Gasteiger partial charge in [-0.15, -0.1) is 0 Å². The fourth-order valence-electron chi connectivity index (χ4n) is 2.72. The molecule has 0 aliphatic rings. The van der Waals surface area contributed by atoms with Gasteiger partial charge in [0.25, 0.3) is 0 Å². The van der Waals surface area contributed by atoms with Gasteiger partial charge < -0.3 is 19.6 Å². The summed E-state index contributed by atoms with van der Waals surface area (Å²) in [5.41, 5.74) is 6.11. The maximum absolute atomic E-state index is 5.88. The Morgan fingerprint density at radius 3 is 2.36 bits per heavy atom. The van der Waals surface area contributed by atoms with Crippen LogP contribution in [0.5, 0.6) is 17.2 Å². The van der Waals surface area contributed by atoms with Crippen LogP contribution >= 0.6 is 0 Å². The van der Waals surface area contributed by atoms with Crippen LogP contribution in [0.3, 0.4) is 0 Å². The molecule has 0 aliphatic heterocycles. The van der Waals surface area contributed by atoms with E-state index >= 15 is 0 Å². The lowest BCUT2D eigenvalue weighted by Crippen LogP contribution is -2.07. The highest BCUT2D eigenvalue weighted by molar-refractivity contribution is 5.80. The van der Waals surface area contributed by atoms with Gasteiger partial charge in [-0.05, 0) is 35.4 Å². The van der Waals surface area contributed by atoms with Crippen molar-refractivity contribution in [1.82, 2.24) is 5.43 Å². The lowest BCUT2D eigenvalue weighted by molar-refractivity contribution is 0.284. The van der Waals surface area contributed by atoms with Crippen LogP contribution in [-0.4, -0.2) is 20.4 Å². The van der Waals surface area contributed by atoms with Crippen molar-refractivity contribution < 1.29 is 14.2 Å². The summed E-state index contributed by atoms with van der Waals surface area (Å²) in [6.07, 6.45) is 1.75. The van der Waals surface area contributed by atoms with Gasteiger partial charge in [-0.1, -0.05) is 48.5 Å². The zero-order valence-electron chi connectivity index (χ0n) is 16.1. The maximum atomic E-state index is 5.88. The van der Waals surface area contributed by atoms with E-state index in [4.69, 9.17) is 14.2 Å². The molecular formula is C23H24N2O3. The largest absolute Gasteiger partial charge is 0.496 e. The molecule has 0 fully saturated rings. The first-order chi connectivity index (χ1) is 13.8. The van der Waals surface area contributed by atoms with E-state index in [0.717, 1.165) is 22.4 Å². The van der Waals surface area contributed by atoms with Crippen LogP contribution in [0.1, 0.15) is 16.7 Å². The maximum Gasteiger partial charge on any atom is 0.161 e. The van der Waals surface area contributed by atoms with Crippen LogP contribution < -0.4 is 19.6 Å². The predicted molar refractivity (Wildman–Crippen MR) is 111 cm³/mol. The second kappa shape index (κ2) is 10.0. The molecule has 0 aromatic heterocycles. The molecule has 0 radical (unpaired) electrons. The highest BCUT2D eigenvalue weighted by Gasteiger charge is 2.06.